The van der Waals surface area contributed by atoms with E-state index in [1.807, 2.05) is 84.9 Å². The van der Waals surface area contributed by atoms with E-state index in [0.717, 1.165) is 28.1 Å². The maximum Gasteiger partial charge on any atom is 0.326 e. The quantitative estimate of drug-likeness (QED) is 0.534. The van der Waals surface area contributed by atoms with Gasteiger partial charge >= 0.3 is 5.97 Å². The summed E-state index contributed by atoms with van der Waals surface area (Å²) >= 11 is 0. The van der Waals surface area contributed by atoms with Crippen LogP contribution in [0.15, 0.2) is 91.0 Å². The molecule has 6 nitrogen and oxygen atoms in total. The first kappa shape index (κ1) is 19.8. The first-order valence-corrected chi connectivity index (χ1v) is 10.4. The largest absolute Gasteiger partial charge is 0.480 e. The second-order valence-electron chi connectivity index (χ2n) is 7.79. The fraction of sp³-hybridized carbons (Fsp3) is 0.115. The molecule has 4 aromatic rings. The van der Waals surface area contributed by atoms with Crippen LogP contribution in [0.4, 0.5) is 0 Å². The first-order valence-electron chi connectivity index (χ1n) is 10.4. The van der Waals surface area contributed by atoms with E-state index in [2.05, 4.69) is 5.10 Å². The van der Waals surface area contributed by atoms with Gasteiger partial charge in [-0.15, -0.1) is 0 Å². The summed E-state index contributed by atoms with van der Waals surface area (Å²) in [7, 11) is 0. The number of amides is 1. The molecule has 1 atom stereocenters. The predicted octanol–water partition coefficient (Wildman–Crippen LogP) is 4.19. The van der Waals surface area contributed by atoms with Crippen molar-refractivity contribution in [2.24, 2.45) is 0 Å². The smallest absolute Gasteiger partial charge is 0.326 e. The number of carbonyl (C=O) groups excluding carboxylic acids is 1. The highest BCUT2D eigenvalue weighted by Gasteiger charge is 2.36. The average Bonchev–Trinajstić information content (AvgIpc) is 3.29. The minimum atomic E-state index is -1.02. The third kappa shape index (κ3) is 3.56. The molecule has 0 saturated heterocycles. The minimum absolute atomic E-state index is 0.221. The summed E-state index contributed by atoms with van der Waals surface area (Å²) in [6.07, 6.45) is 0.280. The summed E-state index contributed by atoms with van der Waals surface area (Å²) in [4.78, 5) is 27.0. The Morgan fingerprint density at radius 3 is 2.16 bits per heavy atom. The second-order valence-corrected chi connectivity index (χ2v) is 7.79. The summed E-state index contributed by atoms with van der Waals surface area (Å²) in [5.41, 5.74) is 4.65. The van der Waals surface area contributed by atoms with Crippen LogP contribution in [0.2, 0.25) is 0 Å². The number of fused-ring (bicyclic) bond motifs is 1. The molecule has 0 radical (unpaired) electrons. The van der Waals surface area contributed by atoms with Crippen LogP contribution in [-0.2, 0) is 17.8 Å². The van der Waals surface area contributed by atoms with Gasteiger partial charge in [0.05, 0.1) is 11.4 Å². The Balaban J connectivity index is 1.58. The second kappa shape index (κ2) is 8.15. The van der Waals surface area contributed by atoms with Gasteiger partial charge in [-0.1, -0.05) is 72.8 Å². The van der Waals surface area contributed by atoms with Crippen LogP contribution in [0.5, 0.6) is 0 Å². The molecule has 0 fully saturated rings. The molecule has 1 aliphatic rings. The number of carboxylic acids is 1. The lowest BCUT2D eigenvalue weighted by Gasteiger charge is -2.34. The molecule has 2 heterocycles. The zero-order chi connectivity index (χ0) is 22.1. The Morgan fingerprint density at radius 1 is 0.844 bits per heavy atom. The van der Waals surface area contributed by atoms with Crippen molar-refractivity contribution in [1.29, 1.82) is 0 Å². The fourth-order valence-electron chi connectivity index (χ4n) is 4.17. The summed E-state index contributed by atoms with van der Waals surface area (Å²) in [5, 5.41) is 14.4. The standard InChI is InChI=1S/C26H21N3O3/c30-25(28-17-20-12-8-7-11-19(20)15-24(28)26(31)32)22-16-23(18-9-3-1-4-10-18)29(27-22)21-13-5-2-6-14-21/h1-14,16,24H,15,17H2,(H,31,32)/t24-/m0/s1. The Hall–Kier alpha value is -4.19. The van der Waals surface area contributed by atoms with E-state index >= 15 is 0 Å². The van der Waals surface area contributed by atoms with Crippen LogP contribution in [0, 0.1) is 0 Å². The van der Waals surface area contributed by atoms with Gasteiger partial charge in [-0.25, -0.2) is 9.48 Å². The van der Waals surface area contributed by atoms with Crippen molar-refractivity contribution in [3.05, 3.63) is 108 Å². The number of carbonyl (C=O) groups is 2. The highest BCUT2D eigenvalue weighted by atomic mass is 16.4. The normalized spacial score (nSPS) is 15.2. The number of hydrogen-bond donors (Lipinski definition) is 1. The van der Waals surface area contributed by atoms with Crippen LogP contribution in [0.3, 0.4) is 0 Å². The third-order valence-electron chi connectivity index (χ3n) is 5.79. The van der Waals surface area contributed by atoms with Gasteiger partial charge in [0.25, 0.3) is 5.91 Å². The van der Waals surface area contributed by atoms with Gasteiger partial charge in [0, 0.05) is 18.5 Å². The number of aromatic nitrogens is 2. The fourth-order valence-corrected chi connectivity index (χ4v) is 4.17. The van der Waals surface area contributed by atoms with E-state index in [1.165, 1.54) is 4.90 Å². The molecule has 0 unspecified atom stereocenters. The molecule has 5 rings (SSSR count). The van der Waals surface area contributed by atoms with Crippen molar-refractivity contribution in [2.75, 3.05) is 0 Å². The van der Waals surface area contributed by atoms with E-state index in [0.29, 0.717) is 0 Å². The Labute approximate surface area is 185 Å². The minimum Gasteiger partial charge on any atom is -0.480 e. The molecule has 0 aliphatic carbocycles. The van der Waals surface area contributed by atoms with E-state index < -0.39 is 17.9 Å². The molecule has 0 spiro atoms. The highest BCUT2D eigenvalue weighted by molar-refractivity contribution is 5.96. The molecule has 1 aliphatic heterocycles. The first-order chi connectivity index (χ1) is 15.6. The summed E-state index contributed by atoms with van der Waals surface area (Å²) in [6.45, 7) is 0.241. The molecule has 158 valence electrons. The molecule has 32 heavy (non-hydrogen) atoms. The molecule has 6 heteroatoms. The van der Waals surface area contributed by atoms with Gasteiger partial charge in [0.15, 0.2) is 5.69 Å². The van der Waals surface area contributed by atoms with Gasteiger partial charge < -0.3 is 10.0 Å². The Kier molecular flexibility index (Phi) is 5.03. The van der Waals surface area contributed by atoms with Crippen molar-refractivity contribution < 1.29 is 14.7 Å². The molecule has 0 bridgehead atoms. The van der Waals surface area contributed by atoms with Crippen LogP contribution in [0.25, 0.3) is 16.9 Å². The lowest BCUT2D eigenvalue weighted by atomic mass is 9.93. The van der Waals surface area contributed by atoms with Gasteiger partial charge in [0.1, 0.15) is 6.04 Å². The molecule has 3 aromatic carbocycles. The SMILES string of the molecule is O=C(O)[C@@H]1Cc2ccccc2CN1C(=O)c1cc(-c2ccccc2)n(-c2ccccc2)n1. The number of rotatable bonds is 4. The van der Waals surface area contributed by atoms with E-state index in [1.54, 1.807) is 10.7 Å². The third-order valence-corrected chi connectivity index (χ3v) is 5.79. The molecular formula is C26H21N3O3. The van der Waals surface area contributed by atoms with E-state index in [-0.39, 0.29) is 18.7 Å². The number of benzene rings is 3. The Bertz CT molecular complexity index is 1230. The van der Waals surface area contributed by atoms with Gasteiger partial charge in [-0.2, -0.15) is 5.10 Å². The van der Waals surface area contributed by atoms with Crippen LogP contribution in [0.1, 0.15) is 21.6 Å². The lowest BCUT2D eigenvalue weighted by molar-refractivity contribution is -0.142. The summed E-state index contributed by atoms with van der Waals surface area (Å²) < 4.78 is 1.73. The summed E-state index contributed by atoms with van der Waals surface area (Å²) in [6, 6.07) is 27.8. The van der Waals surface area contributed by atoms with E-state index in [9.17, 15) is 14.7 Å². The van der Waals surface area contributed by atoms with Crippen molar-refractivity contribution in [1.82, 2.24) is 14.7 Å². The van der Waals surface area contributed by atoms with E-state index in [4.69, 9.17) is 0 Å². The number of hydrogen-bond acceptors (Lipinski definition) is 3. The molecule has 1 N–H and O–H groups in total. The van der Waals surface area contributed by atoms with Gasteiger partial charge in [-0.3, -0.25) is 4.79 Å². The van der Waals surface area contributed by atoms with Gasteiger partial charge in [-0.05, 0) is 29.3 Å². The molecular weight excluding hydrogens is 402 g/mol. The van der Waals surface area contributed by atoms with Crippen LogP contribution >= 0.6 is 0 Å². The van der Waals surface area contributed by atoms with Crippen LogP contribution in [-0.4, -0.2) is 37.7 Å². The van der Waals surface area contributed by atoms with Crippen molar-refractivity contribution in [2.45, 2.75) is 19.0 Å². The van der Waals surface area contributed by atoms with Crippen LogP contribution < -0.4 is 0 Å². The zero-order valence-electron chi connectivity index (χ0n) is 17.3. The number of aliphatic carboxylic acids is 1. The lowest BCUT2D eigenvalue weighted by Crippen LogP contribution is -2.48. The van der Waals surface area contributed by atoms with Crippen molar-refractivity contribution >= 4 is 11.9 Å². The molecule has 1 aromatic heterocycles. The zero-order valence-corrected chi connectivity index (χ0v) is 17.3. The van der Waals surface area contributed by atoms with Crippen molar-refractivity contribution in [3.63, 3.8) is 0 Å². The topological polar surface area (TPSA) is 75.4 Å². The number of nitrogens with zero attached hydrogens (tertiary/aromatic N) is 3. The maximum absolute atomic E-state index is 13.5. The molecule has 1 amide bonds. The monoisotopic (exact) mass is 423 g/mol. The molecule has 0 saturated carbocycles. The summed E-state index contributed by atoms with van der Waals surface area (Å²) in [5.74, 6) is -1.41. The highest BCUT2D eigenvalue weighted by Crippen LogP contribution is 2.28. The Morgan fingerprint density at radius 2 is 1.47 bits per heavy atom. The van der Waals surface area contributed by atoms with Gasteiger partial charge in [0.2, 0.25) is 0 Å². The number of para-hydroxylation sites is 1. The van der Waals surface area contributed by atoms with Crippen molar-refractivity contribution in [3.8, 4) is 16.9 Å². The average molecular weight is 423 g/mol. The number of carboxylic acid groups (broad SMARTS) is 1. The maximum atomic E-state index is 13.5. The predicted molar refractivity (Wildman–Crippen MR) is 120 cm³/mol.